The number of anilines is 4. The number of hydrogen-bond acceptors (Lipinski definition) is 9. The molecule has 4 rings (SSSR count). The van der Waals surface area contributed by atoms with Crippen molar-refractivity contribution < 1.29 is 9.84 Å². The lowest BCUT2D eigenvalue weighted by atomic mass is 10.2. The Balaban J connectivity index is 1.60. The Bertz CT molecular complexity index is 1140. The molecule has 3 N–H and O–H groups in total. The number of hydrazone groups is 1. The number of aromatic hydroxyl groups is 1. The summed E-state index contributed by atoms with van der Waals surface area (Å²) in [5, 5.41) is 17.8. The molecule has 166 valence electrons. The van der Waals surface area contributed by atoms with Gasteiger partial charge in [-0.2, -0.15) is 20.1 Å². The number of aromatic nitrogens is 3. The second-order valence-corrected chi connectivity index (χ2v) is 8.35. The van der Waals surface area contributed by atoms with E-state index in [2.05, 4.69) is 46.7 Å². The van der Waals surface area contributed by atoms with Crippen molar-refractivity contribution in [1.82, 2.24) is 15.0 Å². The average Bonchev–Trinajstić information content (AvgIpc) is 2.78. The second-order valence-electron chi connectivity index (χ2n) is 7.06. The van der Waals surface area contributed by atoms with Gasteiger partial charge < -0.3 is 20.1 Å². The van der Waals surface area contributed by atoms with E-state index in [0.29, 0.717) is 48.8 Å². The van der Waals surface area contributed by atoms with Gasteiger partial charge in [-0.1, -0.05) is 17.7 Å². The smallest absolute Gasteiger partial charge is 0.250 e. The van der Waals surface area contributed by atoms with Crippen molar-refractivity contribution in [2.45, 2.75) is 6.92 Å². The normalized spacial score (nSPS) is 14.0. The van der Waals surface area contributed by atoms with Gasteiger partial charge in [0.2, 0.25) is 17.8 Å². The molecule has 9 nitrogen and oxygen atoms in total. The van der Waals surface area contributed by atoms with E-state index in [4.69, 9.17) is 16.3 Å². The highest BCUT2D eigenvalue weighted by Gasteiger charge is 2.17. The van der Waals surface area contributed by atoms with E-state index in [1.54, 1.807) is 12.1 Å². The largest absolute Gasteiger partial charge is 0.507 e. The van der Waals surface area contributed by atoms with Crippen LogP contribution in [0.15, 0.2) is 46.0 Å². The van der Waals surface area contributed by atoms with Crippen molar-refractivity contribution in [3.8, 4) is 5.75 Å². The Morgan fingerprint density at radius 2 is 1.91 bits per heavy atom. The predicted molar refractivity (Wildman–Crippen MR) is 129 cm³/mol. The zero-order valence-electron chi connectivity index (χ0n) is 17.2. The third-order valence-corrected chi connectivity index (χ3v) is 5.54. The van der Waals surface area contributed by atoms with Gasteiger partial charge in [0.15, 0.2) is 0 Å². The Morgan fingerprint density at radius 1 is 1.12 bits per heavy atom. The Labute approximate surface area is 198 Å². The van der Waals surface area contributed by atoms with Crippen LogP contribution in [-0.4, -0.2) is 52.6 Å². The van der Waals surface area contributed by atoms with Gasteiger partial charge in [0, 0.05) is 28.1 Å². The van der Waals surface area contributed by atoms with E-state index in [0.717, 1.165) is 15.7 Å². The van der Waals surface area contributed by atoms with Crippen LogP contribution in [-0.2, 0) is 4.74 Å². The fraction of sp³-hybridized carbons (Fsp3) is 0.238. The van der Waals surface area contributed by atoms with Crippen molar-refractivity contribution >= 4 is 57.3 Å². The summed E-state index contributed by atoms with van der Waals surface area (Å²) in [6, 6.07) is 10.7. The molecule has 0 bridgehead atoms. The van der Waals surface area contributed by atoms with Gasteiger partial charge in [-0.05, 0) is 58.7 Å². The van der Waals surface area contributed by atoms with Gasteiger partial charge in [-0.3, -0.25) is 0 Å². The molecule has 2 aromatic carbocycles. The summed E-state index contributed by atoms with van der Waals surface area (Å²) in [4.78, 5) is 15.5. The Hall–Kier alpha value is -2.95. The first kappa shape index (κ1) is 22.3. The van der Waals surface area contributed by atoms with E-state index in [1.807, 2.05) is 30.0 Å². The number of phenols is 1. The van der Waals surface area contributed by atoms with Gasteiger partial charge in [0.25, 0.3) is 0 Å². The molecule has 11 heteroatoms. The fourth-order valence-electron chi connectivity index (χ4n) is 3.01. The number of ether oxygens (including phenoxy) is 1. The van der Waals surface area contributed by atoms with Gasteiger partial charge >= 0.3 is 0 Å². The number of hydrogen-bond donors (Lipinski definition) is 3. The van der Waals surface area contributed by atoms with E-state index >= 15 is 0 Å². The molecule has 0 amide bonds. The maximum atomic E-state index is 9.95. The summed E-state index contributed by atoms with van der Waals surface area (Å²) in [6.07, 6.45) is 1.45. The van der Waals surface area contributed by atoms with Crippen molar-refractivity contribution in [2.75, 3.05) is 41.9 Å². The molecule has 0 spiro atoms. The summed E-state index contributed by atoms with van der Waals surface area (Å²) in [5.74, 6) is 1.20. The predicted octanol–water partition coefficient (Wildman–Crippen LogP) is 4.33. The number of morpholine rings is 1. The standard InChI is InChI=1S/C21H21BrClN7O2/c1-13-2-4-17(16(22)10-13)25-19-26-20(28-21(27-19)30-6-8-32-9-7-30)29-24-12-14-11-15(23)3-5-18(14)31/h2-5,10-12,31H,6-9H2,1H3,(H2,25,26,27,28,29). The van der Waals surface area contributed by atoms with Gasteiger partial charge in [-0.25, -0.2) is 5.43 Å². The average molecular weight is 519 g/mol. The van der Waals surface area contributed by atoms with Gasteiger partial charge in [-0.15, -0.1) is 0 Å². The molecule has 0 radical (unpaired) electrons. The summed E-state index contributed by atoms with van der Waals surface area (Å²) in [6.45, 7) is 4.58. The fourth-order valence-corrected chi connectivity index (χ4v) is 3.78. The number of rotatable bonds is 6. The first-order valence-corrected chi connectivity index (χ1v) is 11.0. The summed E-state index contributed by atoms with van der Waals surface area (Å²) < 4.78 is 6.33. The molecule has 1 fully saturated rings. The monoisotopic (exact) mass is 517 g/mol. The number of halogens is 2. The first-order valence-electron chi connectivity index (χ1n) is 9.87. The van der Waals surface area contributed by atoms with Crippen LogP contribution < -0.4 is 15.6 Å². The van der Waals surface area contributed by atoms with E-state index in [-0.39, 0.29) is 11.7 Å². The topological polar surface area (TPSA) is 108 Å². The third kappa shape index (κ3) is 5.64. The molecule has 0 saturated carbocycles. The van der Waals surface area contributed by atoms with Crippen molar-refractivity contribution in [3.63, 3.8) is 0 Å². The molecule has 0 atom stereocenters. The van der Waals surface area contributed by atoms with Crippen LogP contribution in [0.1, 0.15) is 11.1 Å². The van der Waals surface area contributed by atoms with E-state index < -0.39 is 0 Å². The number of nitrogens with zero attached hydrogens (tertiary/aromatic N) is 5. The molecule has 2 heterocycles. The third-order valence-electron chi connectivity index (χ3n) is 4.65. The zero-order chi connectivity index (χ0) is 22.5. The maximum Gasteiger partial charge on any atom is 0.250 e. The zero-order valence-corrected chi connectivity index (χ0v) is 19.6. The Morgan fingerprint density at radius 3 is 2.69 bits per heavy atom. The quantitative estimate of drug-likeness (QED) is 0.327. The SMILES string of the molecule is Cc1ccc(Nc2nc(NN=Cc3cc(Cl)ccc3O)nc(N3CCOCC3)n2)c(Br)c1. The highest BCUT2D eigenvalue weighted by atomic mass is 79.9. The minimum absolute atomic E-state index is 0.0659. The second kappa shape index (κ2) is 10.1. The Kier molecular flexibility index (Phi) is 7.03. The summed E-state index contributed by atoms with van der Waals surface area (Å²) in [7, 11) is 0. The molecule has 0 unspecified atom stereocenters. The summed E-state index contributed by atoms with van der Waals surface area (Å²) in [5.41, 5.74) is 5.24. The molecule has 1 aromatic heterocycles. The molecular formula is C21H21BrClN7O2. The molecule has 0 aliphatic carbocycles. The first-order chi connectivity index (χ1) is 15.5. The van der Waals surface area contributed by atoms with Crippen molar-refractivity contribution in [2.24, 2.45) is 5.10 Å². The number of phenolic OH excluding ortho intramolecular Hbond substituents is 1. The lowest BCUT2D eigenvalue weighted by molar-refractivity contribution is 0.122. The van der Waals surface area contributed by atoms with E-state index in [1.165, 1.54) is 12.3 Å². The van der Waals surface area contributed by atoms with Crippen LogP contribution >= 0.6 is 27.5 Å². The lowest BCUT2D eigenvalue weighted by Gasteiger charge is -2.27. The lowest BCUT2D eigenvalue weighted by Crippen LogP contribution is -2.37. The van der Waals surface area contributed by atoms with Crippen molar-refractivity contribution in [3.05, 3.63) is 57.0 Å². The highest BCUT2D eigenvalue weighted by Crippen LogP contribution is 2.27. The minimum Gasteiger partial charge on any atom is -0.507 e. The van der Waals surface area contributed by atoms with Crippen molar-refractivity contribution in [1.29, 1.82) is 0 Å². The molecule has 1 saturated heterocycles. The highest BCUT2D eigenvalue weighted by molar-refractivity contribution is 9.10. The van der Waals surface area contributed by atoms with Crippen LogP contribution in [0.2, 0.25) is 5.02 Å². The van der Waals surface area contributed by atoms with Crippen LogP contribution in [0.3, 0.4) is 0 Å². The van der Waals surface area contributed by atoms with Gasteiger partial charge in [0.05, 0.1) is 25.1 Å². The molecule has 1 aliphatic rings. The maximum absolute atomic E-state index is 9.95. The molecule has 3 aromatic rings. The summed E-state index contributed by atoms with van der Waals surface area (Å²) >= 11 is 9.55. The number of aryl methyl sites for hydroxylation is 1. The number of nitrogens with one attached hydrogen (secondary N) is 2. The molecular weight excluding hydrogens is 498 g/mol. The van der Waals surface area contributed by atoms with E-state index in [9.17, 15) is 5.11 Å². The van der Waals surface area contributed by atoms with Gasteiger partial charge in [0.1, 0.15) is 5.75 Å². The minimum atomic E-state index is 0.0659. The van der Waals surface area contributed by atoms with Crippen LogP contribution in [0, 0.1) is 6.92 Å². The molecule has 1 aliphatic heterocycles. The molecule has 32 heavy (non-hydrogen) atoms. The van der Waals surface area contributed by atoms with Crippen LogP contribution in [0.25, 0.3) is 0 Å². The van der Waals surface area contributed by atoms with Crippen LogP contribution in [0.4, 0.5) is 23.5 Å². The number of benzene rings is 2. The van der Waals surface area contributed by atoms with Crippen LogP contribution in [0.5, 0.6) is 5.75 Å².